The number of ether oxygens (including phenoxy) is 2. The monoisotopic (exact) mass is 429 g/mol. The molecular formula is C21H17ClFN3O4. The summed E-state index contributed by atoms with van der Waals surface area (Å²) in [4.78, 5) is 11.0. The zero-order chi connectivity index (χ0) is 21.5. The number of hydrazone groups is 1. The zero-order valence-corrected chi connectivity index (χ0v) is 16.6. The molecule has 0 bridgehead atoms. The maximum Gasteiger partial charge on any atom is 0.315 e. The molecule has 7 nitrogen and oxygen atoms in total. The average molecular weight is 430 g/mol. The lowest BCUT2D eigenvalue weighted by Crippen LogP contribution is -2.03. The van der Waals surface area contributed by atoms with Crippen molar-refractivity contribution < 1.29 is 18.8 Å². The summed E-state index contributed by atoms with van der Waals surface area (Å²) in [6.07, 6.45) is 1.39. The number of rotatable bonds is 8. The Kier molecular flexibility index (Phi) is 6.82. The van der Waals surface area contributed by atoms with Gasteiger partial charge >= 0.3 is 5.69 Å². The van der Waals surface area contributed by atoms with E-state index < -0.39 is 4.92 Å². The highest BCUT2D eigenvalue weighted by molar-refractivity contribution is 6.30. The molecule has 0 spiro atoms. The van der Waals surface area contributed by atoms with Gasteiger partial charge in [-0.1, -0.05) is 23.7 Å². The Morgan fingerprint density at radius 3 is 2.63 bits per heavy atom. The normalized spacial score (nSPS) is 10.8. The predicted octanol–water partition coefficient (Wildman–Crippen LogP) is 5.42. The smallest absolute Gasteiger partial charge is 0.315 e. The summed E-state index contributed by atoms with van der Waals surface area (Å²) in [7, 11) is 1.39. The first-order valence-corrected chi connectivity index (χ1v) is 9.12. The largest absolute Gasteiger partial charge is 0.493 e. The van der Waals surface area contributed by atoms with Crippen molar-refractivity contribution in [2.45, 2.75) is 6.61 Å². The highest BCUT2D eigenvalue weighted by Gasteiger charge is 2.22. The first-order valence-electron chi connectivity index (χ1n) is 8.74. The lowest BCUT2D eigenvalue weighted by molar-refractivity contribution is -0.386. The molecule has 0 saturated carbocycles. The number of nitro benzene ring substituents is 1. The molecule has 0 heterocycles. The molecule has 154 valence electrons. The lowest BCUT2D eigenvalue weighted by atomic mass is 10.1. The van der Waals surface area contributed by atoms with E-state index in [0.29, 0.717) is 16.3 Å². The van der Waals surface area contributed by atoms with Gasteiger partial charge in [0.2, 0.25) is 5.75 Å². The van der Waals surface area contributed by atoms with Crippen LogP contribution in [0.3, 0.4) is 0 Å². The summed E-state index contributed by atoms with van der Waals surface area (Å²) in [6.45, 7) is 0.0807. The van der Waals surface area contributed by atoms with Crippen LogP contribution in [-0.4, -0.2) is 18.2 Å². The molecule has 0 aromatic heterocycles. The average Bonchev–Trinajstić information content (AvgIpc) is 2.73. The number of hydrogen-bond donors (Lipinski definition) is 1. The van der Waals surface area contributed by atoms with E-state index in [9.17, 15) is 14.5 Å². The van der Waals surface area contributed by atoms with Crippen molar-refractivity contribution in [3.05, 3.63) is 92.7 Å². The quantitative estimate of drug-likeness (QED) is 0.293. The van der Waals surface area contributed by atoms with Crippen LogP contribution in [0.5, 0.6) is 11.5 Å². The number of nitrogens with zero attached hydrogens (tertiary/aromatic N) is 2. The molecule has 0 aliphatic carbocycles. The minimum atomic E-state index is -0.555. The van der Waals surface area contributed by atoms with Crippen LogP contribution in [0.4, 0.5) is 15.8 Å². The molecule has 0 atom stereocenters. The van der Waals surface area contributed by atoms with E-state index in [1.807, 2.05) is 0 Å². The van der Waals surface area contributed by atoms with Crippen LogP contribution in [0, 0.1) is 15.9 Å². The van der Waals surface area contributed by atoms with Gasteiger partial charge in [-0.05, 0) is 48.0 Å². The van der Waals surface area contributed by atoms with E-state index in [2.05, 4.69) is 10.5 Å². The van der Waals surface area contributed by atoms with Crippen LogP contribution >= 0.6 is 11.6 Å². The maximum atomic E-state index is 12.9. The highest BCUT2D eigenvalue weighted by Crippen LogP contribution is 2.38. The minimum absolute atomic E-state index is 0.00567. The number of hydrogen-bond acceptors (Lipinski definition) is 6. The number of halogens is 2. The van der Waals surface area contributed by atoms with E-state index in [1.165, 1.54) is 43.7 Å². The fourth-order valence-corrected chi connectivity index (χ4v) is 2.82. The van der Waals surface area contributed by atoms with Gasteiger partial charge in [0.15, 0.2) is 5.75 Å². The SMILES string of the molecule is COc1cc(C=NNc2ccc(F)cc2)cc([N+](=O)[O-])c1OCc1cccc(Cl)c1. The number of methoxy groups -OCH3 is 1. The van der Waals surface area contributed by atoms with Gasteiger partial charge in [0, 0.05) is 16.7 Å². The summed E-state index contributed by atoms with van der Waals surface area (Å²) in [5.74, 6) is -0.168. The number of nitro groups is 1. The summed E-state index contributed by atoms with van der Waals surface area (Å²) in [6, 6.07) is 15.5. The van der Waals surface area contributed by atoms with Crippen molar-refractivity contribution in [1.29, 1.82) is 0 Å². The number of benzene rings is 3. The molecule has 0 unspecified atom stereocenters. The molecule has 0 amide bonds. The van der Waals surface area contributed by atoms with E-state index in [1.54, 1.807) is 30.3 Å². The lowest BCUT2D eigenvalue weighted by Gasteiger charge is -2.12. The molecule has 9 heteroatoms. The van der Waals surface area contributed by atoms with Crippen molar-refractivity contribution in [3.63, 3.8) is 0 Å². The van der Waals surface area contributed by atoms with Gasteiger partial charge < -0.3 is 9.47 Å². The van der Waals surface area contributed by atoms with Crippen LogP contribution in [0.1, 0.15) is 11.1 Å². The Balaban J connectivity index is 1.82. The van der Waals surface area contributed by atoms with Crippen molar-refractivity contribution in [2.75, 3.05) is 12.5 Å². The maximum absolute atomic E-state index is 12.9. The second-order valence-electron chi connectivity index (χ2n) is 6.12. The third-order valence-corrected chi connectivity index (χ3v) is 4.23. The molecule has 30 heavy (non-hydrogen) atoms. The topological polar surface area (TPSA) is 86.0 Å². The van der Waals surface area contributed by atoms with Crippen LogP contribution in [0.2, 0.25) is 5.02 Å². The molecule has 1 N–H and O–H groups in total. The third kappa shape index (κ3) is 5.45. The Labute approximate surface area is 176 Å². The standard InChI is InChI=1S/C21H17ClFN3O4/c1-29-20-11-15(12-24-25-18-7-5-17(23)6-8-18)10-19(26(27)28)21(20)30-13-14-3-2-4-16(22)9-14/h2-12,25H,13H2,1H3. The van der Waals surface area contributed by atoms with E-state index >= 15 is 0 Å². The molecular weight excluding hydrogens is 413 g/mol. The van der Waals surface area contributed by atoms with Gasteiger partial charge in [-0.15, -0.1) is 0 Å². The molecule has 0 fully saturated rings. The number of nitrogens with one attached hydrogen (secondary N) is 1. The van der Waals surface area contributed by atoms with Crippen molar-refractivity contribution >= 4 is 29.2 Å². The zero-order valence-electron chi connectivity index (χ0n) is 15.8. The molecule has 0 saturated heterocycles. The van der Waals surface area contributed by atoms with Gasteiger partial charge in [-0.25, -0.2) is 4.39 Å². The van der Waals surface area contributed by atoms with Crippen LogP contribution in [-0.2, 0) is 6.61 Å². The Morgan fingerprint density at radius 1 is 1.20 bits per heavy atom. The second-order valence-corrected chi connectivity index (χ2v) is 6.56. The molecule has 0 aliphatic rings. The van der Waals surface area contributed by atoms with Gasteiger partial charge in [-0.3, -0.25) is 15.5 Å². The Hall–Kier alpha value is -3.65. The molecule has 3 aromatic carbocycles. The van der Waals surface area contributed by atoms with E-state index in [0.717, 1.165) is 5.56 Å². The molecule has 3 rings (SSSR count). The predicted molar refractivity (Wildman–Crippen MR) is 113 cm³/mol. The third-order valence-electron chi connectivity index (χ3n) is 4.00. The van der Waals surface area contributed by atoms with Gasteiger partial charge in [0.1, 0.15) is 12.4 Å². The summed E-state index contributed by atoms with van der Waals surface area (Å²) >= 11 is 5.96. The molecule has 0 aliphatic heterocycles. The fourth-order valence-electron chi connectivity index (χ4n) is 2.60. The molecule has 3 aromatic rings. The molecule has 0 radical (unpaired) electrons. The first-order chi connectivity index (χ1) is 14.5. The van der Waals surface area contributed by atoms with Crippen molar-refractivity contribution in [2.24, 2.45) is 5.10 Å². The minimum Gasteiger partial charge on any atom is -0.493 e. The van der Waals surface area contributed by atoms with Crippen molar-refractivity contribution in [1.82, 2.24) is 0 Å². The second kappa shape index (κ2) is 9.71. The van der Waals surface area contributed by atoms with Crippen LogP contribution in [0.15, 0.2) is 65.8 Å². The van der Waals surface area contributed by atoms with Crippen LogP contribution in [0.25, 0.3) is 0 Å². The number of anilines is 1. The van der Waals surface area contributed by atoms with Gasteiger partial charge in [0.25, 0.3) is 0 Å². The fraction of sp³-hybridized carbons (Fsp3) is 0.0952. The summed E-state index contributed by atoms with van der Waals surface area (Å²) < 4.78 is 23.9. The van der Waals surface area contributed by atoms with Gasteiger partial charge in [0.05, 0.1) is 23.9 Å². The summed E-state index contributed by atoms with van der Waals surface area (Å²) in [5, 5.41) is 16.1. The van der Waals surface area contributed by atoms with E-state index in [4.69, 9.17) is 21.1 Å². The Bertz CT molecular complexity index is 1070. The summed E-state index contributed by atoms with van der Waals surface area (Å²) in [5.41, 5.74) is 4.20. The highest BCUT2D eigenvalue weighted by atomic mass is 35.5. The van der Waals surface area contributed by atoms with Gasteiger partial charge in [-0.2, -0.15) is 5.10 Å². The Morgan fingerprint density at radius 2 is 1.97 bits per heavy atom. The van der Waals surface area contributed by atoms with Crippen molar-refractivity contribution in [3.8, 4) is 11.5 Å². The van der Waals surface area contributed by atoms with E-state index in [-0.39, 0.29) is 29.6 Å². The first kappa shape index (κ1) is 21.1. The van der Waals surface area contributed by atoms with Crippen LogP contribution < -0.4 is 14.9 Å².